The number of rotatable bonds is 1. The second-order valence-electron chi connectivity index (χ2n) is 2.10. The molecule has 1 nitrogen and oxygen atoms in total. The van der Waals surface area contributed by atoms with Gasteiger partial charge in [-0.1, -0.05) is 11.5 Å². The molecular formula is C5H2BBrF4N-. The molecule has 0 saturated carbocycles. The van der Waals surface area contributed by atoms with E-state index in [1.807, 2.05) is 0 Å². The van der Waals surface area contributed by atoms with E-state index in [9.17, 15) is 17.3 Å². The Hall–Kier alpha value is -0.585. The third kappa shape index (κ3) is 1.97. The Labute approximate surface area is 74.0 Å². The maximum Gasteiger partial charge on any atom is 0.512 e. The lowest BCUT2D eigenvalue weighted by Gasteiger charge is -2.15. The zero-order valence-corrected chi connectivity index (χ0v) is 7.16. The summed E-state index contributed by atoms with van der Waals surface area (Å²) in [5.41, 5.74) is -1.25. The molecule has 12 heavy (non-hydrogen) atoms. The van der Waals surface area contributed by atoms with E-state index in [1.54, 1.807) is 0 Å². The van der Waals surface area contributed by atoms with Crippen molar-refractivity contribution < 1.29 is 17.3 Å². The van der Waals surface area contributed by atoms with Crippen LogP contribution in [0.25, 0.3) is 0 Å². The molecular weight excluding hydrogens is 241 g/mol. The van der Waals surface area contributed by atoms with Crippen LogP contribution in [0.4, 0.5) is 17.3 Å². The van der Waals surface area contributed by atoms with Gasteiger partial charge in [0.15, 0.2) is 0 Å². The quantitative estimate of drug-likeness (QED) is 0.417. The van der Waals surface area contributed by atoms with Gasteiger partial charge in [0.05, 0.1) is 6.20 Å². The van der Waals surface area contributed by atoms with Crippen molar-refractivity contribution in [1.82, 2.24) is 4.98 Å². The van der Waals surface area contributed by atoms with Crippen molar-refractivity contribution in [2.24, 2.45) is 0 Å². The highest BCUT2D eigenvalue weighted by molar-refractivity contribution is 9.10. The van der Waals surface area contributed by atoms with Gasteiger partial charge in [-0.05, 0) is 15.9 Å². The smallest absolute Gasteiger partial charge is 0.445 e. The maximum atomic E-state index is 12.5. The van der Waals surface area contributed by atoms with Gasteiger partial charge in [-0.15, -0.1) is 0 Å². The van der Waals surface area contributed by atoms with Crippen molar-refractivity contribution in [3.05, 3.63) is 22.7 Å². The zero-order valence-electron chi connectivity index (χ0n) is 5.57. The van der Waals surface area contributed by atoms with E-state index in [2.05, 4.69) is 20.9 Å². The fourth-order valence-corrected chi connectivity index (χ4v) is 1.03. The Morgan fingerprint density at radius 1 is 1.33 bits per heavy atom. The van der Waals surface area contributed by atoms with Gasteiger partial charge in [-0.3, -0.25) is 0 Å². The van der Waals surface area contributed by atoms with Crippen LogP contribution in [0.2, 0.25) is 0 Å². The van der Waals surface area contributed by atoms with Gasteiger partial charge in [0.1, 0.15) is 10.4 Å². The van der Waals surface area contributed by atoms with E-state index in [0.29, 0.717) is 12.3 Å². The highest BCUT2D eigenvalue weighted by Crippen LogP contribution is 2.13. The summed E-state index contributed by atoms with van der Waals surface area (Å²) in [6.07, 6.45) is 0.536. The minimum Gasteiger partial charge on any atom is -0.445 e. The molecule has 0 aliphatic rings. The fraction of sp³-hybridized carbons (Fsp3) is 0. The largest absolute Gasteiger partial charge is 0.512 e. The second kappa shape index (κ2) is 3.04. The van der Waals surface area contributed by atoms with Crippen LogP contribution < -0.4 is 5.46 Å². The molecule has 1 aromatic heterocycles. The number of hydrogen-bond acceptors (Lipinski definition) is 1. The highest BCUT2D eigenvalue weighted by Gasteiger charge is 2.29. The van der Waals surface area contributed by atoms with E-state index in [0.717, 1.165) is 0 Å². The molecule has 0 unspecified atom stereocenters. The minimum atomic E-state index is -5.29. The molecule has 0 aliphatic heterocycles. The molecule has 0 amide bonds. The van der Waals surface area contributed by atoms with Crippen molar-refractivity contribution in [3.8, 4) is 0 Å². The summed E-state index contributed by atoms with van der Waals surface area (Å²) in [7, 11) is 0. The Bertz CT molecular complexity index is 300. The Morgan fingerprint density at radius 3 is 2.33 bits per heavy atom. The van der Waals surface area contributed by atoms with Crippen molar-refractivity contribution in [2.45, 2.75) is 0 Å². The van der Waals surface area contributed by atoms with E-state index in [-0.39, 0.29) is 4.60 Å². The third-order valence-electron chi connectivity index (χ3n) is 1.20. The molecule has 0 spiro atoms. The van der Waals surface area contributed by atoms with E-state index in [1.165, 1.54) is 0 Å². The van der Waals surface area contributed by atoms with Crippen molar-refractivity contribution in [1.29, 1.82) is 0 Å². The monoisotopic (exact) mass is 242 g/mol. The van der Waals surface area contributed by atoms with Gasteiger partial charge in [0.2, 0.25) is 0 Å². The maximum absolute atomic E-state index is 12.5. The summed E-state index contributed by atoms with van der Waals surface area (Å²) in [5, 5.41) is 0. The summed E-state index contributed by atoms with van der Waals surface area (Å²) in [5.74, 6) is -1.34. The molecule has 1 heterocycles. The molecule has 0 aromatic carbocycles. The molecule has 0 aliphatic carbocycles. The summed E-state index contributed by atoms with van der Waals surface area (Å²) in [4.78, 5) is 3.30. The first-order valence-electron chi connectivity index (χ1n) is 2.92. The van der Waals surface area contributed by atoms with Crippen LogP contribution in [0, 0.1) is 5.82 Å². The van der Waals surface area contributed by atoms with Gasteiger partial charge in [-0.25, -0.2) is 9.37 Å². The molecule has 0 bridgehead atoms. The fourth-order valence-electron chi connectivity index (χ4n) is 0.678. The SMILES string of the molecule is Fc1cnc(Br)cc1[B-](F)(F)F. The summed E-state index contributed by atoms with van der Waals surface area (Å²) >= 11 is 2.72. The van der Waals surface area contributed by atoms with Gasteiger partial charge in [-0.2, -0.15) is 0 Å². The van der Waals surface area contributed by atoms with Crippen LogP contribution >= 0.6 is 15.9 Å². The molecule has 7 heteroatoms. The van der Waals surface area contributed by atoms with Crippen LogP contribution in [0.5, 0.6) is 0 Å². The van der Waals surface area contributed by atoms with E-state index < -0.39 is 18.3 Å². The molecule has 1 aromatic rings. The van der Waals surface area contributed by atoms with Crippen LogP contribution in [0.15, 0.2) is 16.9 Å². The van der Waals surface area contributed by atoms with Gasteiger partial charge >= 0.3 is 6.98 Å². The van der Waals surface area contributed by atoms with Crippen molar-refractivity contribution in [2.75, 3.05) is 0 Å². The van der Waals surface area contributed by atoms with Crippen LogP contribution in [-0.2, 0) is 0 Å². The molecule has 0 atom stereocenters. The third-order valence-corrected chi connectivity index (χ3v) is 1.64. The lowest BCUT2D eigenvalue weighted by molar-refractivity contribution is 0.493. The first-order chi connectivity index (χ1) is 5.41. The number of halogens is 5. The molecule has 0 radical (unpaired) electrons. The predicted octanol–water partition coefficient (Wildman–Crippen LogP) is 2.04. The van der Waals surface area contributed by atoms with Crippen molar-refractivity contribution >= 4 is 28.4 Å². The summed E-state index contributed by atoms with van der Waals surface area (Å²) in [6, 6.07) is 0.620. The van der Waals surface area contributed by atoms with E-state index >= 15 is 0 Å². The number of nitrogens with zero attached hydrogens (tertiary/aromatic N) is 1. The van der Waals surface area contributed by atoms with Gasteiger partial charge in [0.25, 0.3) is 0 Å². The normalized spacial score (nSPS) is 11.8. The Balaban J connectivity index is 3.23. The first-order valence-corrected chi connectivity index (χ1v) is 3.71. The molecule has 0 N–H and O–H groups in total. The average Bonchev–Trinajstić information content (AvgIpc) is 1.92. The summed E-state index contributed by atoms with van der Waals surface area (Å²) < 4.78 is 48.5. The summed E-state index contributed by atoms with van der Waals surface area (Å²) in [6.45, 7) is -5.29. The zero-order chi connectivity index (χ0) is 9.35. The molecule has 0 saturated heterocycles. The second-order valence-corrected chi connectivity index (χ2v) is 2.92. The topological polar surface area (TPSA) is 12.9 Å². The highest BCUT2D eigenvalue weighted by atomic mass is 79.9. The van der Waals surface area contributed by atoms with Crippen LogP contribution in [-0.4, -0.2) is 12.0 Å². The Kier molecular flexibility index (Phi) is 2.41. The lowest BCUT2D eigenvalue weighted by atomic mass is 9.80. The minimum absolute atomic E-state index is 0.0295. The molecule has 1 rings (SSSR count). The molecule has 66 valence electrons. The Morgan fingerprint density at radius 2 is 1.92 bits per heavy atom. The number of hydrogen-bond donors (Lipinski definition) is 0. The van der Waals surface area contributed by atoms with E-state index in [4.69, 9.17) is 0 Å². The van der Waals surface area contributed by atoms with Crippen LogP contribution in [0.1, 0.15) is 0 Å². The van der Waals surface area contributed by atoms with Crippen molar-refractivity contribution in [3.63, 3.8) is 0 Å². The van der Waals surface area contributed by atoms with Gasteiger partial charge < -0.3 is 12.9 Å². The van der Waals surface area contributed by atoms with Gasteiger partial charge in [0, 0.05) is 0 Å². The number of pyridine rings is 1. The standard InChI is InChI=1S/C5H2BBrF4N/c7-5-1-3(6(9,10)11)4(8)2-12-5/h1-2H/q-1. The lowest BCUT2D eigenvalue weighted by Crippen LogP contribution is -2.36. The molecule has 0 fully saturated rings. The number of aromatic nitrogens is 1. The van der Waals surface area contributed by atoms with Crippen LogP contribution in [0.3, 0.4) is 0 Å². The predicted molar refractivity (Wildman–Crippen MR) is 40.6 cm³/mol. The average molecular weight is 243 g/mol. The first kappa shape index (κ1) is 9.50.